The molecule has 0 unspecified atom stereocenters. The van der Waals surface area contributed by atoms with Crippen molar-refractivity contribution in [2.24, 2.45) is 0 Å². The lowest BCUT2D eigenvalue weighted by atomic mass is 10.1. The third-order valence-electron chi connectivity index (χ3n) is 2.03. The molecular formula is C11H10BrN3. The number of halogens is 1. The smallest absolute Gasteiger partial charge is 0.135 e. The highest BCUT2D eigenvalue weighted by Gasteiger charge is 2.02. The van der Waals surface area contributed by atoms with Crippen LogP contribution in [0.1, 0.15) is 11.4 Å². The molecule has 0 spiro atoms. The second kappa shape index (κ2) is 4.40. The molecular weight excluding hydrogens is 254 g/mol. The number of hydrogen-bond donors (Lipinski definition) is 1. The molecule has 2 N–H and O–H groups in total. The molecule has 0 aliphatic rings. The average Bonchev–Trinajstić information content (AvgIpc) is 2.22. The zero-order valence-corrected chi connectivity index (χ0v) is 9.61. The highest BCUT2D eigenvalue weighted by atomic mass is 79.9. The van der Waals surface area contributed by atoms with Crippen LogP contribution in [-0.2, 0) is 6.42 Å². The Morgan fingerprint density at radius 3 is 2.73 bits per heavy atom. The first-order valence-corrected chi connectivity index (χ1v) is 5.36. The van der Waals surface area contributed by atoms with Crippen LogP contribution in [0.25, 0.3) is 0 Å². The molecule has 2 rings (SSSR count). The third-order valence-corrected chi connectivity index (χ3v) is 2.81. The summed E-state index contributed by atoms with van der Waals surface area (Å²) in [5.74, 6) is 1.24. The van der Waals surface area contributed by atoms with E-state index in [1.807, 2.05) is 24.3 Å². The molecule has 15 heavy (non-hydrogen) atoms. The van der Waals surface area contributed by atoms with Crippen LogP contribution in [0, 0.1) is 0 Å². The number of nitrogens with two attached hydrogens (primary N) is 1. The van der Waals surface area contributed by atoms with Gasteiger partial charge in [-0.15, -0.1) is 0 Å². The zero-order valence-electron chi connectivity index (χ0n) is 8.02. The van der Waals surface area contributed by atoms with Crippen molar-refractivity contribution >= 4 is 21.7 Å². The van der Waals surface area contributed by atoms with Crippen LogP contribution in [0.4, 0.5) is 5.82 Å². The van der Waals surface area contributed by atoms with Gasteiger partial charge in [-0.1, -0.05) is 34.1 Å². The molecule has 0 saturated carbocycles. The molecule has 1 aromatic carbocycles. The van der Waals surface area contributed by atoms with Crippen LogP contribution in [0.3, 0.4) is 0 Å². The van der Waals surface area contributed by atoms with Crippen molar-refractivity contribution in [1.82, 2.24) is 9.97 Å². The van der Waals surface area contributed by atoms with Gasteiger partial charge in [0.1, 0.15) is 11.6 Å². The predicted molar refractivity (Wildman–Crippen MR) is 63.4 cm³/mol. The molecule has 3 nitrogen and oxygen atoms in total. The van der Waals surface area contributed by atoms with Gasteiger partial charge in [0.15, 0.2) is 0 Å². The number of benzene rings is 1. The molecule has 1 heterocycles. The average molecular weight is 264 g/mol. The van der Waals surface area contributed by atoms with E-state index in [-0.39, 0.29) is 0 Å². The van der Waals surface area contributed by atoms with Crippen molar-refractivity contribution in [1.29, 1.82) is 0 Å². The second-order valence-electron chi connectivity index (χ2n) is 3.17. The van der Waals surface area contributed by atoms with E-state index in [0.29, 0.717) is 12.2 Å². The molecule has 0 saturated heterocycles. The highest BCUT2D eigenvalue weighted by molar-refractivity contribution is 9.10. The summed E-state index contributed by atoms with van der Waals surface area (Å²) in [6.45, 7) is 0. The van der Waals surface area contributed by atoms with Crippen LogP contribution in [0.15, 0.2) is 41.0 Å². The molecule has 0 fully saturated rings. The Morgan fingerprint density at radius 1 is 1.20 bits per heavy atom. The number of anilines is 1. The molecule has 1 aromatic heterocycles. The van der Waals surface area contributed by atoms with Gasteiger partial charge in [0.05, 0.1) is 0 Å². The van der Waals surface area contributed by atoms with Crippen LogP contribution in [0.2, 0.25) is 0 Å². The number of hydrogen-bond acceptors (Lipinski definition) is 3. The van der Waals surface area contributed by atoms with Crippen molar-refractivity contribution in [3.05, 3.63) is 52.4 Å². The first-order valence-electron chi connectivity index (χ1n) is 4.56. The van der Waals surface area contributed by atoms with E-state index >= 15 is 0 Å². The SMILES string of the molecule is Nc1ccnc(Cc2ccccc2Br)n1. The number of aromatic nitrogens is 2. The number of nitrogens with zero attached hydrogens (tertiary/aromatic N) is 2. The molecule has 2 aromatic rings. The Labute approximate surface area is 96.5 Å². The summed E-state index contributed by atoms with van der Waals surface area (Å²) in [7, 11) is 0. The van der Waals surface area contributed by atoms with Gasteiger partial charge in [-0.05, 0) is 17.7 Å². The Bertz CT molecular complexity index is 471. The highest BCUT2D eigenvalue weighted by Crippen LogP contribution is 2.18. The topological polar surface area (TPSA) is 51.8 Å². The van der Waals surface area contributed by atoms with E-state index in [4.69, 9.17) is 5.73 Å². The third kappa shape index (κ3) is 2.53. The minimum Gasteiger partial charge on any atom is -0.384 e. The van der Waals surface area contributed by atoms with Gasteiger partial charge in [0.2, 0.25) is 0 Å². The number of nitrogen functional groups attached to an aromatic ring is 1. The second-order valence-corrected chi connectivity index (χ2v) is 4.02. The van der Waals surface area contributed by atoms with Gasteiger partial charge in [-0.25, -0.2) is 9.97 Å². The Kier molecular flexibility index (Phi) is 2.97. The first-order chi connectivity index (χ1) is 7.25. The fourth-order valence-electron chi connectivity index (χ4n) is 1.31. The van der Waals surface area contributed by atoms with Crippen molar-refractivity contribution in [2.75, 3.05) is 5.73 Å². The number of rotatable bonds is 2. The molecule has 76 valence electrons. The summed E-state index contributed by atoms with van der Waals surface area (Å²) >= 11 is 3.49. The van der Waals surface area contributed by atoms with Gasteiger partial charge in [-0.2, -0.15) is 0 Å². The standard InChI is InChI=1S/C11H10BrN3/c12-9-4-2-1-3-8(9)7-11-14-6-5-10(13)15-11/h1-6H,7H2,(H2,13,14,15). The molecule has 0 bridgehead atoms. The van der Waals surface area contributed by atoms with Gasteiger partial charge < -0.3 is 5.73 Å². The van der Waals surface area contributed by atoms with Gasteiger partial charge in [0, 0.05) is 17.1 Å². The zero-order chi connectivity index (χ0) is 10.7. The van der Waals surface area contributed by atoms with Gasteiger partial charge in [0.25, 0.3) is 0 Å². The van der Waals surface area contributed by atoms with Crippen LogP contribution < -0.4 is 5.73 Å². The largest absolute Gasteiger partial charge is 0.384 e. The van der Waals surface area contributed by atoms with E-state index in [2.05, 4.69) is 25.9 Å². The summed E-state index contributed by atoms with van der Waals surface area (Å²) < 4.78 is 1.07. The van der Waals surface area contributed by atoms with E-state index in [1.165, 1.54) is 0 Å². The molecule has 0 radical (unpaired) electrons. The van der Waals surface area contributed by atoms with Crippen molar-refractivity contribution in [3.8, 4) is 0 Å². The summed E-state index contributed by atoms with van der Waals surface area (Å²) in [4.78, 5) is 8.32. The van der Waals surface area contributed by atoms with Gasteiger partial charge >= 0.3 is 0 Å². The van der Waals surface area contributed by atoms with E-state index in [0.717, 1.165) is 15.9 Å². The molecule has 0 aliphatic carbocycles. The predicted octanol–water partition coefficient (Wildman–Crippen LogP) is 2.41. The lowest BCUT2D eigenvalue weighted by Gasteiger charge is -2.03. The normalized spacial score (nSPS) is 10.2. The summed E-state index contributed by atoms with van der Waals surface area (Å²) in [5.41, 5.74) is 6.74. The summed E-state index contributed by atoms with van der Waals surface area (Å²) in [5, 5.41) is 0. The molecule has 4 heteroatoms. The molecule has 0 atom stereocenters. The molecule has 0 amide bonds. The molecule has 0 aliphatic heterocycles. The van der Waals surface area contributed by atoms with E-state index in [9.17, 15) is 0 Å². The van der Waals surface area contributed by atoms with Gasteiger partial charge in [-0.3, -0.25) is 0 Å². The van der Waals surface area contributed by atoms with Crippen molar-refractivity contribution in [3.63, 3.8) is 0 Å². The summed E-state index contributed by atoms with van der Waals surface area (Å²) in [6.07, 6.45) is 2.36. The maximum atomic E-state index is 5.59. The minimum atomic E-state index is 0.507. The Hall–Kier alpha value is -1.42. The fourth-order valence-corrected chi connectivity index (χ4v) is 1.74. The quantitative estimate of drug-likeness (QED) is 0.906. The van der Waals surface area contributed by atoms with Crippen LogP contribution >= 0.6 is 15.9 Å². The van der Waals surface area contributed by atoms with E-state index < -0.39 is 0 Å². The maximum absolute atomic E-state index is 5.59. The fraction of sp³-hybridized carbons (Fsp3) is 0.0909. The maximum Gasteiger partial charge on any atom is 0.135 e. The monoisotopic (exact) mass is 263 g/mol. The van der Waals surface area contributed by atoms with Crippen LogP contribution in [-0.4, -0.2) is 9.97 Å². The first kappa shape index (κ1) is 10.1. The Balaban J connectivity index is 2.26. The van der Waals surface area contributed by atoms with E-state index in [1.54, 1.807) is 12.3 Å². The lowest BCUT2D eigenvalue weighted by molar-refractivity contribution is 0.970. The minimum absolute atomic E-state index is 0.507. The van der Waals surface area contributed by atoms with Crippen LogP contribution in [0.5, 0.6) is 0 Å². The summed E-state index contributed by atoms with van der Waals surface area (Å²) in [6, 6.07) is 9.70. The van der Waals surface area contributed by atoms with Crippen molar-refractivity contribution < 1.29 is 0 Å². The van der Waals surface area contributed by atoms with Crippen molar-refractivity contribution in [2.45, 2.75) is 6.42 Å². The Morgan fingerprint density at radius 2 is 2.00 bits per heavy atom. The lowest BCUT2D eigenvalue weighted by Crippen LogP contribution is -1.99.